The van der Waals surface area contributed by atoms with E-state index in [-0.39, 0.29) is 5.56 Å². The van der Waals surface area contributed by atoms with E-state index in [0.29, 0.717) is 41.3 Å². The summed E-state index contributed by atoms with van der Waals surface area (Å²) in [7, 11) is 0. The van der Waals surface area contributed by atoms with E-state index in [9.17, 15) is 9.90 Å². The molecule has 2 heterocycles. The molecule has 25 heavy (non-hydrogen) atoms. The lowest BCUT2D eigenvalue weighted by Crippen LogP contribution is -2.01. The predicted octanol–water partition coefficient (Wildman–Crippen LogP) is 4.07. The van der Waals surface area contributed by atoms with Crippen molar-refractivity contribution in [2.75, 3.05) is 13.2 Å². The van der Waals surface area contributed by atoms with Crippen LogP contribution in [0.5, 0.6) is 11.5 Å². The fourth-order valence-corrected chi connectivity index (χ4v) is 2.93. The van der Waals surface area contributed by atoms with E-state index in [4.69, 9.17) is 9.47 Å². The number of hydrogen-bond donors (Lipinski definition) is 1. The van der Waals surface area contributed by atoms with Gasteiger partial charge in [0.15, 0.2) is 11.5 Å². The highest BCUT2D eigenvalue weighted by molar-refractivity contribution is 6.04. The van der Waals surface area contributed by atoms with E-state index < -0.39 is 5.97 Å². The van der Waals surface area contributed by atoms with Crippen molar-refractivity contribution in [2.24, 2.45) is 0 Å². The smallest absolute Gasteiger partial charge is 0.336 e. The topological polar surface area (TPSA) is 68.7 Å². The molecule has 0 atom stereocenters. The van der Waals surface area contributed by atoms with Crippen LogP contribution in [-0.2, 0) is 0 Å². The zero-order valence-electron chi connectivity index (χ0n) is 13.8. The van der Waals surface area contributed by atoms with Crippen molar-refractivity contribution in [3.8, 4) is 22.8 Å². The summed E-state index contributed by atoms with van der Waals surface area (Å²) < 4.78 is 11.4. The molecular weight excluding hydrogens is 318 g/mol. The molecule has 5 nitrogen and oxygen atoms in total. The van der Waals surface area contributed by atoms with Crippen LogP contribution in [0.4, 0.5) is 0 Å². The first-order chi connectivity index (χ1) is 12.1. The highest BCUT2D eigenvalue weighted by Gasteiger charge is 2.18. The summed E-state index contributed by atoms with van der Waals surface area (Å²) in [6.07, 6.45) is 0.791. The molecule has 5 heteroatoms. The third-order valence-electron chi connectivity index (χ3n) is 4.26. The number of carboxylic acids is 1. The van der Waals surface area contributed by atoms with Gasteiger partial charge >= 0.3 is 5.97 Å². The Morgan fingerprint density at radius 3 is 2.40 bits per heavy atom. The molecule has 0 radical (unpaired) electrons. The van der Waals surface area contributed by atoms with Crippen LogP contribution in [0.3, 0.4) is 0 Å². The van der Waals surface area contributed by atoms with Crippen LogP contribution in [-0.4, -0.2) is 29.3 Å². The van der Waals surface area contributed by atoms with Crippen molar-refractivity contribution in [3.63, 3.8) is 0 Å². The lowest BCUT2D eigenvalue weighted by Gasteiger charge is -2.12. The van der Waals surface area contributed by atoms with Crippen LogP contribution < -0.4 is 9.47 Å². The molecule has 3 aromatic rings. The summed E-state index contributed by atoms with van der Waals surface area (Å²) >= 11 is 0. The van der Waals surface area contributed by atoms with Crippen LogP contribution in [0.25, 0.3) is 22.2 Å². The van der Waals surface area contributed by atoms with Gasteiger partial charge in [0, 0.05) is 23.4 Å². The molecule has 126 valence electrons. The number of carboxylic acid groups (broad SMARTS) is 1. The minimum Gasteiger partial charge on any atom is -0.490 e. The minimum atomic E-state index is -0.991. The molecule has 0 spiro atoms. The average Bonchev–Trinajstić information content (AvgIpc) is 2.84. The second kappa shape index (κ2) is 6.09. The van der Waals surface area contributed by atoms with E-state index in [1.165, 1.54) is 0 Å². The molecule has 0 fully saturated rings. The van der Waals surface area contributed by atoms with Crippen LogP contribution in [0, 0.1) is 6.92 Å². The van der Waals surface area contributed by atoms with Gasteiger partial charge in [-0.25, -0.2) is 9.78 Å². The number of carbonyl (C=O) groups is 1. The van der Waals surface area contributed by atoms with Gasteiger partial charge in [-0.3, -0.25) is 0 Å². The standard InChI is InChI=1S/C20H17NO4/c1-12-3-5-13(6-4-12)16-9-15(20(22)23)14-10-18-19(11-17(14)21-16)25-8-2-7-24-18/h3-6,9-11H,2,7-8H2,1H3,(H,22,23). The largest absolute Gasteiger partial charge is 0.490 e. The summed E-state index contributed by atoms with van der Waals surface area (Å²) in [5.41, 5.74) is 3.43. The lowest BCUT2D eigenvalue weighted by molar-refractivity contribution is 0.0699. The minimum absolute atomic E-state index is 0.205. The van der Waals surface area contributed by atoms with E-state index in [1.54, 1.807) is 18.2 Å². The van der Waals surface area contributed by atoms with E-state index in [0.717, 1.165) is 17.5 Å². The molecule has 2 aromatic carbocycles. The Bertz CT molecular complexity index is 964. The molecule has 0 aliphatic carbocycles. The molecule has 1 aliphatic heterocycles. The number of benzene rings is 2. The fourth-order valence-electron chi connectivity index (χ4n) is 2.93. The Balaban J connectivity index is 1.94. The van der Waals surface area contributed by atoms with Crippen LogP contribution >= 0.6 is 0 Å². The number of nitrogens with zero attached hydrogens (tertiary/aromatic N) is 1. The maximum Gasteiger partial charge on any atom is 0.336 e. The number of rotatable bonds is 2. The third-order valence-corrected chi connectivity index (χ3v) is 4.26. The van der Waals surface area contributed by atoms with Gasteiger partial charge in [0.1, 0.15) is 0 Å². The second-order valence-electron chi connectivity index (χ2n) is 6.09. The van der Waals surface area contributed by atoms with Crippen molar-refractivity contribution in [2.45, 2.75) is 13.3 Å². The lowest BCUT2D eigenvalue weighted by atomic mass is 10.0. The molecule has 0 saturated heterocycles. The third kappa shape index (κ3) is 2.89. The zero-order chi connectivity index (χ0) is 17.4. The predicted molar refractivity (Wildman–Crippen MR) is 94.5 cm³/mol. The number of aromatic nitrogens is 1. The molecule has 0 amide bonds. The van der Waals surface area contributed by atoms with Crippen LogP contribution in [0.2, 0.25) is 0 Å². The molecule has 1 N–H and O–H groups in total. The van der Waals surface area contributed by atoms with Crippen molar-refractivity contribution >= 4 is 16.9 Å². The number of hydrogen-bond acceptors (Lipinski definition) is 4. The maximum atomic E-state index is 11.8. The fraction of sp³-hybridized carbons (Fsp3) is 0.200. The summed E-state index contributed by atoms with van der Waals surface area (Å²) in [5.74, 6) is 0.183. The number of aryl methyl sites for hydroxylation is 1. The first-order valence-corrected chi connectivity index (χ1v) is 8.16. The van der Waals surface area contributed by atoms with Crippen molar-refractivity contribution in [3.05, 3.63) is 53.6 Å². The zero-order valence-corrected chi connectivity index (χ0v) is 13.8. The summed E-state index contributed by atoms with van der Waals surface area (Å²) in [5, 5.41) is 10.2. The van der Waals surface area contributed by atoms with Crippen LogP contribution in [0.1, 0.15) is 22.3 Å². The molecular formula is C20H17NO4. The van der Waals surface area contributed by atoms with Crippen molar-refractivity contribution < 1.29 is 19.4 Å². The Kier molecular flexibility index (Phi) is 3.76. The van der Waals surface area contributed by atoms with E-state index >= 15 is 0 Å². The van der Waals surface area contributed by atoms with Crippen molar-refractivity contribution in [1.82, 2.24) is 4.98 Å². The summed E-state index contributed by atoms with van der Waals surface area (Å²) in [4.78, 5) is 16.4. The van der Waals surface area contributed by atoms with Gasteiger partial charge in [0.2, 0.25) is 0 Å². The molecule has 0 bridgehead atoms. The molecule has 0 unspecified atom stereocenters. The van der Waals surface area contributed by atoms with Gasteiger partial charge in [-0.15, -0.1) is 0 Å². The van der Waals surface area contributed by atoms with Crippen molar-refractivity contribution in [1.29, 1.82) is 0 Å². The Morgan fingerprint density at radius 2 is 1.72 bits per heavy atom. The van der Waals surface area contributed by atoms with Gasteiger partial charge in [0.25, 0.3) is 0 Å². The number of pyridine rings is 1. The number of aromatic carboxylic acids is 1. The first kappa shape index (κ1) is 15.4. The SMILES string of the molecule is Cc1ccc(-c2cc(C(=O)O)c3cc4c(cc3n2)OCCCO4)cc1. The normalized spacial score (nSPS) is 13.5. The molecule has 0 saturated carbocycles. The Morgan fingerprint density at radius 1 is 1.04 bits per heavy atom. The summed E-state index contributed by atoms with van der Waals surface area (Å²) in [6, 6.07) is 12.9. The Labute approximate surface area is 144 Å². The van der Waals surface area contributed by atoms with Gasteiger partial charge in [-0.05, 0) is 19.1 Å². The quantitative estimate of drug-likeness (QED) is 0.764. The van der Waals surface area contributed by atoms with Gasteiger partial charge in [-0.2, -0.15) is 0 Å². The van der Waals surface area contributed by atoms with E-state index in [2.05, 4.69) is 4.98 Å². The molecule has 4 rings (SSSR count). The van der Waals surface area contributed by atoms with Gasteiger partial charge in [-0.1, -0.05) is 29.8 Å². The van der Waals surface area contributed by atoms with Crippen LogP contribution in [0.15, 0.2) is 42.5 Å². The maximum absolute atomic E-state index is 11.8. The van der Waals surface area contributed by atoms with E-state index in [1.807, 2.05) is 31.2 Å². The second-order valence-corrected chi connectivity index (χ2v) is 6.09. The monoisotopic (exact) mass is 335 g/mol. The number of fused-ring (bicyclic) bond motifs is 2. The first-order valence-electron chi connectivity index (χ1n) is 8.16. The molecule has 1 aliphatic rings. The highest BCUT2D eigenvalue weighted by atomic mass is 16.5. The molecule has 1 aromatic heterocycles. The van der Waals surface area contributed by atoms with Gasteiger partial charge < -0.3 is 14.6 Å². The average molecular weight is 335 g/mol. The number of ether oxygens (including phenoxy) is 2. The van der Waals surface area contributed by atoms with Gasteiger partial charge in [0.05, 0.1) is 30.0 Å². The highest BCUT2D eigenvalue weighted by Crippen LogP contribution is 2.36. The Hall–Kier alpha value is -3.08. The summed E-state index contributed by atoms with van der Waals surface area (Å²) in [6.45, 7) is 3.13.